The van der Waals surface area contributed by atoms with Gasteiger partial charge >= 0.3 is 6.18 Å². The number of rotatable bonds is 2. The van der Waals surface area contributed by atoms with Crippen LogP contribution in [0.3, 0.4) is 0 Å². The van der Waals surface area contributed by atoms with Crippen LogP contribution in [0.25, 0.3) is 0 Å². The maximum Gasteiger partial charge on any atom is 0.419 e. The van der Waals surface area contributed by atoms with Crippen LogP contribution in [-0.4, -0.2) is 19.2 Å². The van der Waals surface area contributed by atoms with E-state index in [0.29, 0.717) is 19.2 Å². The standard InChI is InChI=1S/C10H8F4NO/c11-9-7(10(12,13)14)2-1-3-8(9)16-6-4-15-5-6/h1-3,6H,4-5H2. The van der Waals surface area contributed by atoms with E-state index in [1.165, 1.54) is 6.07 Å². The molecule has 1 aromatic rings. The zero-order chi connectivity index (χ0) is 11.8. The molecule has 0 amide bonds. The lowest BCUT2D eigenvalue weighted by Crippen LogP contribution is -2.45. The molecular formula is C10H8F4NO. The van der Waals surface area contributed by atoms with Crippen molar-refractivity contribution in [2.45, 2.75) is 12.3 Å². The van der Waals surface area contributed by atoms with Crippen molar-refractivity contribution in [2.24, 2.45) is 0 Å². The number of hydrogen-bond acceptors (Lipinski definition) is 1. The SMILES string of the molecule is Fc1c(OC2C[N]C2)cccc1C(F)(F)F. The van der Waals surface area contributed by atoms with Gasteiger partial charge in [0.15, 0.2) is 11.6 Å². The van der Waals surface area contributed by atoms with Crippen LogP contribution in [0.15, 0.2) is 18.2 Å². The molecule has 0 aliphatic carbocycles. The monoisotopic (exact) mass is 234 g/mol. The molecule has 1 saturated heterocycles. The van der Waals surface area contributed by atoms with Gasteiger partial charge in [0.25, 0.3) is 0 Å². The second kappa shape index (κ2) is 3.93. The Hall–Kier alpha value is -1.30. The molecule has 0 spiro atoms. The normalized spacial score (nSPS) is 17.0. The second-order valence-corrected chi connectivity index (χ2v) is 3.44. The third-order valence-electron chi connectivity index (χ3n) is 2.23. The van der Waals surface area contributed by atoms with Crippen LogP contribution in [0.5, 0.6) is 5.75 Å². The number of nitrogens with zero attached hydrogens (tertiary/aromatic N) is 1. The van der Waals surface area contributed by atoms with Crippen LogP contribution >= 0.6 is 0 Å². The van der Waals surface area contributed by atoms with E-state index in [1.807, 2.05) is 0 Å². The summed E-state index contributed by atoms with van der Waals surface area (Å²) in [6.45, 7) is 0.797. The molecule has 2 nitrogen and oxygen atoms in total. The molecule has 1 fully saturated rings. The maximum atomic E-state index is 13.4. The topological polar surface area (TPSA) is 23.3 Å². The Morgan fingerprint density at radius 3 is 2.44 bits per heavy atom. The molecule has 0 N–H and O–H groups in total. The van der Waals surface area contributed by atoms with Crippen molar-refractivity contribution < 1.29 is 22.3 Å². The highest BCUT2D eigenvalue weighted by Gasteiger charge is 2.35. The largest absolute Gasteiger partial charge is 0.485 e. The number of hydrogen-bond donors (Lipinski definition) is 0. The molecule has 1 aliphatic rings. The highest BCUT2D eigenvalue weighted by Crippen LogP contribution is 2.35. The Morgan fingerprint density at radius 2 is 1.94 bits per heavy atom. The number of ether oxygens (including phenoxy) is 1. The molecule has 16 heavy (non-hydrogen) atoms. The molecule has 0 bridgehead atoms. The van der Waals surface area contributed by atoms with Gasteiger partial charge in [0.05, 0.1) is 18.7 Å². The van der Waals surface area contributed by atoms with E-state index < -0.39 is 17.6 Å². The van der Waals surface area contributed by atoms with Gasteiger partial charge in [0.1, 0.15) is 6.10 Å². The molecule has 6 heteroatoms. The fourth-order valence-corrected chi connectivity index (χ4v) is 1.31. The summed E-state index contributed by atoms with van der Waals surface area (Å²) in [7, 11) is 0. The Bertz CT molecular complexity index is 387. The summed E-state index contributed by atoms with van der Waals surface area (Å²) in [6.07, 6.45) is -5.01. The fourth-order valence-electron chi connectivity index (χ4n) is 1.31. The van der Waals surface area contributed by atoms with Gasteiger partial charge in [-0.1, -0.05) is 6.07 Å². The smallest absolute Gasteiger partial charge is 0.419 e. The first-order chi connectivity index (χ1) is 7.48. The summed E-state index contributed by atoms with van der Waals surface area (Å²) in [4.78, 5) is 0. The Morgan fingerprint density at radius 1 is 1.25 bits per heavy atom. The van der Waals surface area contributed by atoms with E-state index >= 15 is 0 Å². The van der Waals surface area contributed by atoms with E-state index in [1.54, 1.807) is 0 Å². The Labute approximate surface area is 89.2 Å². The Balaban J connectivity index is 2.25. The zero-order valence-corrected chi connectivity index (χ0v) is 8.09. The lowest BCUT2D eigenvalue weighted by Gasteiger charge is -2.26. The third kappa shape index (κ3) is 2.11. The second-order valence-electron chi connectivity index (χ2n) is 3.44. The third-order valence-corrected chi connectivity index (χ3v) is 2.23. The zero-order valence-electron chi connectivity index (χ0n) is 8.09. The van der Waals surface area contributed by atoms with Crippen LogP contribution in [0, 0.1) is 5.82 Å². The minimum absolute atomic E-state index is 0.307. The van der Waals surface area contributed by atoms with E-state index in [-0.39, 0.29) is 11.9 Å². The van der Waals surface area contributed by atoms with Crippen molar-refractivity contribution in [2.75, 3.05) is 13.1 Å². The van der Waals surface area contributed by atoms with E-state index in [2.05, 4.69) is 5.32 Å². The van der Waals surface area contributed by atoms with E-state index in [4.69, 9.17) is 4.74 Å². The van der Waals surface area contributed by atoms with Crippen LogP contribution in [0.2, 0.25) is 0 Å². The summed E-state index contributed by atoms with van der Waals surface area (Å²) in [6, 6.07) is 2.99. The molecule has 0 saturated carbocycles. The van der Waals surface area contributed by atoms with Gasteiger partial charge in [-0.2, -0.15) is 13.2 Å². The lowest BCUT2D eigenvalue weighted by molar-refractivity contribution is -0.140. The molecule has 1 aliphatic heterocycles. The van der Waals surface area contributed by atoms with Crippen molar-refractivity contribution in [3.63, 3.8) is 0 Å². The summed E-state index contributed by atoms with van der Waals surface area (Å²) in [5.41, 5.74) is -1.30. The van der Waals surface area contributed by atoms with Gasteiger partial charge < -0.3 is 4.74 Å². The molecule has 1 aromatic carbocycles. The minimum atomic E-state index is -4.70. The minimum Gasteiger partial charge on any atom is -0.485 e. The van der Waals surface area contributed by atoms with Crippen molar-refractivity contribution in [3.8, 4) is 5.75 Å². The van der Waals surface area contributed by atoms with Crippen LogP contribution in [-0.2, 0) is 6.18 Å². The van der Waals surface area contributed by atoms with Crippen molar-refractivity contribution in [1.29, 1.82) is 0 Å². The lowest BCUT2D eigenvalue weighted by atomic mass is 10.2. The van der Waals surface area contributed by atoms with Crippen LogP contribution < -0.4 is 10.1 Å². The predicted molar refractivity (Wildman–Crippen MR) is 47.7 cm³/mol. The quantitative estimate of drug-likeness (QED) is 0.719. The molecule has 0 atom stereocenters. The Kier molecular flexibility index (Phi) is 2.75. The molecule has 1 radical (unpaired) electrons. The first-order valence-corrected chi connectivity index (χ1v) is 4.64. The average Bonchev–Trinajstić information content (AvgIpc) is 2.11. The first-order valence-electron chi connectivity index (χ1n) is 4.64. The average molecular weight is 234 g/mol. The summed E-state index contributed by atoms with van der Waals surface area (Å²) >= 11 is 0. The van der Waals surface area contributed by atoms with Gasteiger partial charge in [0, 0.05) is 0 Å². The van der Waals surface area contributed by atoms with Crippen molar-refractivity contribution in [1.82, 2.24) is 5.32 Å². The van der Waals surface area contributed by atoms with Gasteiger partial charge in [-0.25, -0.2) is 9.71 Å². The molecule has 1 heterocycles. The number of benzene rings is 1. The van der Waals surface area contributed by atoms with E-state index in [0.717, 1.165) is 6.07 Å². The van der Waals surface area contributed by atoms with Gasteiger partial charge in [-0.3, -0.25) is 0 Å². The molecule has 0 unspecified atom stereocenters. The van der Waals surface area contributed by atoms with Crippen molar-refractivity contribution in [3.05, 3.63) is 29.6 Å². The molecule has 2 rings (SSSR count). The highest BCUT2D eigenvalue weighted by molar-refractivity contribution is 5.33. The van der Waals surface area contributed by atoms with E-state index in [9.17, 15) is 17.6 Å². The van der Waals surface area contributed by atoms with Crippen molar-refractivity contribution >= 4 is 0 Å². The van der Waals surface area contributed by atoms with Gasteiger partial charge in [-0.15, -0.1) is 0 Å². The molecular weight excluding hydrogens is 226 g/mol. The summed E-state index contributed by atoms with van der Waals surface area (Å²) in [5, 5.41) is 3.83. The first kappa shape index (κ1) is 11.2. The fraction of sp³-hybridized carbons (Fsp3) is 0.400. The maximum absolute atomic E-state index is 13.4. The highest BCUT2D eigenvalue weighted by atomic mass is 19.4. The summed E-state index contributed by atoms with van der Waals surface area (Å²) < 4.78 is 55.5. The van der Waals surface area contributed by atoms with Crippen LogP contribution in [0.1, 0.15) is 5.56 Å². The summed E-state index contributed by atoms with van der Waals surface area (Å²) in [5.74, 6) is -1.73. The van der Waals surface area contributed by atoms with Gasteiger partial charge in [-0.05, 0) is 12.1 Å². The molecule has 87 valence electrons. The van der Waals surface area contributed by atoms with Crippen LogP contribution in [0.4, 0.5) is 17.6 Å². The number of halogens is 4. The number of alkyl halides is 3. The van der Waals surface area contributed by atoms with Gasteiger partial charge in [0.2, 0.25) is 0 Å². The predicted octanol–water partition coefficient (Wildman–Crippen LogP) is 2.21. The molecule has 0 aromatic heterocycles.